The van der Waals surface area contributed by atoms with Gasteiger partial charge in [-0.15, -0.1) is 11.3 Å². The first-order valence-electron chi connectivity index (χ1n) is 3.20. The molecule has 0 aromatic carbocycles. The number of thiazole rings is 1. The maximum atomic E-state index is 11.2. The van der Waals surface area contributed by atoms with Gasteiger partial charge in [0.1, 0.15) is 4.83 Å². The van der Waals surface area contributed by atoms with Gasteiger partial charge in [-0.3, -0.25) is 0 Å². The van der Waals surface area contributed by atoms with Gasteiger partial charge in [0, 0.05) is 17.8 Å². The van der Waals surface area contributed by atoms with Gasteiger partial charge < -0.3 is 7.47 Å². The highest BCUT2D eigenvalue weighted by Crippen LogP contribution is 2.19. The van der Waals surface area contributed by atoms with Crippen molar-refractivity contribution in [3.05, 3.63) is 29.4 Å². The molecule has 0 aliphatic heterocycles. The highest BCUT2D eigenvalue weighted by molar-refractivity contribution is 14.1. The average Bonchev–Trinajstić information content (AvgIpc) is 2.62. The Hall–Kier alpha value is -0.560. The van der Waals surface area contributed by atoms with Crippen LogP contribution in [0.4, 0.5) is 0 Å². The van der Waals surface area contributed by atoms with Crippen molar-refractivity contribution in [2.75, 3.05) is 0 Å². The Morgan fingerprint density at radius 2 is 2.42 bits per heavy atom. The van der Waals surface area contributed by atoms with Crippen LogP contribution in [0.3, 0.4) is 0 Å². The molecule has 0 bridgehead atoms. The quantitative estimate of drug-likeness (QED) is 0.756. The molecular formula is C7H4INO2S. The van der Waals surface area contributed by atoms with Gasteiger partial charge in [0.15, 0.2) is 23.0 Å². The van der Waals surface area contributed by atoms with E-state index in [1.54, 1.807) is 29.1 Å². The minimum Gasteiger partial charge on any atom is -0.391 e. The summed E-state index contributed by atoms with van der Waals surface area (Å²) in [5, 5.41) is 1.93. The number of hydrogen-bond acceptors (Lipinski definition) is 3. The van der Waals surface area contributed by atoms with Crippen molar-refractivity contribution in [1.82, 2.24) is 4.40 Å². The van der Waals surface area contributed by atoms with Crippen LogP contribution in [0.5, 0.6) is 0 Å². The van der Waals surface area contributed by atoms with Gasteiger partial charge in [-0.1, -0.05) is 0 Å². The van der Waals surface area contributed by atoms with Crippen LogP contribution in [0.25, 0.3) is 4.83 Å². The molecule has 0 aliphatic carbocycles. The van der Waals surface area contributed by atoms with Crippen molar-refractivity contribution in [3.63, 3.8) is 0 Å². The fraction of sp³-hybridized carbons (Fsp3) is 0. The topological polar surface area (TPSA) is 30.7 Å². The van der Waals surface area contributed by atoms with Crippen LogP contribution >= 0.6 is 34.3 Å². The van der Waals surface area contributed by atoms with E-state index in [1.807, 2.05) is 22.2 Å². The molecule has 2 rings (SSSR count). The van der Waals surface area contributed by atoms with Crippen molar-refractivity contribution in [2.45, 2.75) is 0 Å². The molecule has 2 heterocycles. The Labute approximate surface area is 86.6 Å². The van der Waals surface area contributed by atoms with Gasteiger partial charge in [0.25, 0.3) is 0 Å². The van der Waals surface area contributed by atoms with Crippen molar-refractivity contribution in [2.24, 2.45) is 0 Å². The van der Waals surface area contributed by atoms with E-state index in [-0.39, 0.29) is 5.97 Å². The van der Waals surface area contributed by atoms with Crippen molar-refractivity contribution < 1.29 is 7.86 Å². The smallest absolute Gasteiger partial charge is 0.350 e. The number of rotatable bonds is 1. The van der Waals surface area contributed by atoms with E-state index < -0.39 is 0 Å². The maximum absolute atomic E-state index is 11.2. The zero-order valence-electron chi connectivity index (χ0n) is 5.86. The fourth-order valence-electron chi connectivity index (χ4n) is 1.03. The SMILES string of the molecule is O=C(OI)c1ccn2ccsc12. The molecule has 0 N–H and O–H groups in total. The van der Waals surface area contributed by atoms with Crippen LogP contribution in [0.15, 0.2) is 23.8 Å². The summed E-state index contributed by atoms with van der Waals surface area (Å²) in [5.41, 5.74) is 0.624. The van der Waals surface area contributed by atoms with E-state index in [4.69, 9.17) is 0 Å². The van der Waals surface area contributed by atoms with Gasteiger partial charge in [0.2, 0.25) is 0 Å². The lowest BCUT2D eigenvalue weighted by atomic mass is 10.3. The van der Waals surface area contributed by atoms with Crippen LogP contribution in [-0.4, -0.2) is 10.4 Å². The Kier molecular flexibility index (Phi) is 2.05. The van der Waals surface area contributed by atoms with Gasteiger partial charge in [-0.2, -0.15) is 0 Å². The van der Waals surface area contributed by atoms with Crippen molar-refractivity contribution >= 4 is 45.1 Å². The van der Waals surface area contributed by atoms with E-state index in [2.05, 4.69) is 3.07 Å². The van der Waals surface area contributed by atoms with E-state index in [1.165, 1.54) is 11.3 Å². The molecule has 3 nitrogen and oxygen atoms in total. The lowest BCUT2D eigenvalue weighted by Gasteiger charge is -1.90. The van der Waals surface area contributed by atoms with Crippen LogP contribution in [0.1, 0.15) is 10.4 Å². The number of hydrogen-bond donors (Lipinski definition) is 0. The molecule has 62 valence electrons. The third kappa shape index (κ3) is 1.13. The second-order valence-corrected chi connectivity index (χ2v) is 3.54. The first-order chi connectivity index (χ1) is 5.83. The van der Waals surface area contributed by atoms with Crippen LogP contribution in [0.2, 0.25) is 0 Å². The highest BCUT2D eigenvalue weighted by Gasteiger charge is 2.12. The Morgan fingerprint density at radius 3 is 3.17 bits per heavy atom. The summed E-state index contributed by atoms with van der Waals surface area (Å²) in [5.74, 6) is -0.291. The van der Waals surface area contributed by atoms with E-state index >= 15 is 0 Å². The Balaban J connectivity index is 2.61. The summed E-state index contributed by atoms with van der Waals surface area (Å²) in [6.07, 6.45) is 3.75. The molecule has 0 aliphatic rings. The summed E-state index contributed by atoms with van der Waals surface area (Å²) in [6.45, 7) is 0. The number of carbonyl (C=O) groups is 1. The summed E-state index contributed by atoms with van der Waals surface area (Å²) >= 11 is 3.11. The average molecular weight is 293 g/mol. The first-order valence-corrected chi connectivity index (χ1v) is 4.96. The molecule has 2 aromatic heterocycles. The van der Waals surface area contributed by atoms with Gasteiger partial charge in [-0.25, -0.2) is 4.79 Å². The highest BCUT2D eigenvalue weighted by atomic mass is 127. The molecule has 5 heteroatoms. The summed E-state index contributed by atoms with van der Waals surface area (Å²) < 4.78 is 6.49. The predicted octanol–water partition coefficient (Wildman–Crippen LogP) is 2.51. The number of fused-ring (bicyclic) bond motifs is 1. The van der Waals surface area contributed by atoms with Crippen LogP contribution < -0.4 is 0 Å². The molecule has 12 heavy (non-hydrogen) atoms. The molecule has 0 spiro atoms. The Bertz CT molecular complexity index is 420. The van der Waals surface area contributed by atoms with E-state index in [0.29, 0.717) is 5.56 Å². The molecule has 0 radical (unpaired) electrons. The number of nitrogens with zero attached hydrogens (tertiary/aromatic N) is 1. The number of halogens is 1. The molecule has 2 aromatic rings. The second-order valence-electron chi connectivity index (χ2n) is 2.21. The number of carbonyl (C=O) groups excluding carboxylic acids is 1. The molecule has 0 fully saturated rings. The molecule has 0 saturated carbocycles. The monoisotopic (exact) mass is 293 g/mol. The summed E-state index contributed by atoms with van der Waals surface area (Å²) in [7, 11) is 0. The first kappa shape index (κ1) is 8.06. The normalized spacial score (nSPS) is 10.4. The fourth-order valence-corrected chi connectivity index (χ4v) is 2.11. The third-order valence-electron chi connectivity index (χ3n) is 1.56. The molecule has 0 saturated heterocycles. The zero-order valence-corrected chi connectivity index (χ0v) is 8.83. The standard InChI is InChI=1S/C7H4INO2S/c8-11-7(10)5-1-2-9-3-4-12-6(5)9/h1-4H. The third-order valence-corrected chi connectivity index (χ3v) is 2.87. The van der Waals surface area contributed by atoms with E-state index in [9.17, 15) is 4.79 Å². The summed E-state index contributed by atoms with van der Waals surface area (Å²) in [6, 6.07) is 1.76. The lowest BCUT2D eigenvalue weighted by Crippen LogP contribution is -1.94. The zero-order chi connectivity index (χ0) is 8.55. The van der Waals surface area contributed by atoms with Crippen molar-refractivity contribution in [3.8, 4) is 0 Å². The summed E-state index contributed by atoms with van der Waals surface area (Å²) in [4.78, 5) is 12.1. The van der Waals surface area contributed by atoms with Gasteiger partial charge in [-0.05, 0) is 6.07 Å². The minimum atomic E-state index is -0.291. The Morgan fingerprint density at radius 1 is 1.58 bits per heavy atom. The van der Waals surface area contributed by atoms with E-state index in [0.717, 1.165) is 4.83 Å². The lowest BCUT2D eigenvalue weighted by molar-refractivity contribution is 0.0802. The van der Waals surface area contributed by atoms with Crippen LogP contribution in [-0.2, 0) is 3.07 Å². The number of aromatic nitrogens is 1. The molecular weight excluding hydrogens is 289 g/mol. The minimum absolute atomic E-state index is 0.291. The molecule has 0 atom stereocenters. The molecule has 0 amide bonds. The second kappa shape index (κ2) is 3.06. The van der Waals surface area contributed by atoms with Crippen molar-refractivity contribution in [1.29, 1.82) is 0 Å². The van der Waals surface area contributed by atoms with Gasteiger partial charge in [0.05, 0.1) is 5.56 Å². The molecule has 0 unspecified atom stereocenters. The van der Waals surface area contributed by atoms with Gasteiger partial charge >= 0.3 is 5.97 Å². The maximum Gasteiger partial charge on any atom is 0.350 e. The van der Waals surface area contributed by atoms with Crippen LogP contribution in [0, 0.1) is 0 Å². The largest absolute Gasteiger partial charge is 0.391 e. The predicted molar refractivity (Wildman–Crippen MR) is 54.7 cm³/mol.